The molecule has 19 heavy (non-hydrogen) atoms. The number of nitrogen functional groups attached to an aromatic ring is 1. The molecule has 0 fully saturated rings. The van der Waals surface area contributed by atoms with Crippen LogP contribution in [0.4, 0.5) is 20.6 Å². The highest BCUT2D eigenvalue weighted by molar-refractivity contribution is 7.91. The maximum atomic E-state index is 13.0. The Kier molecular flexibility index (Phi) is 4.54. The zero-order chi connectivity index (χ0) is 14.6. The van der Waals surface area contributed by atoms with Gasteiger partial charge in [0.15, 0.2) is 0 Å². The van der Waals surface area contributed by atoms with E-state index >= 15 is 0 Å². The number of rotatable bonds is 4. The first-order valence-electron chi connectivity index (χ1n) is 5.25. The lowest BCUT2D eigenvalue weighted by Gasteiger charge is -2.11. The molecule has 0 heterocycles. The summed E-state index contributed by atoms with van der Waals surface area (Å²) in [6, 6.07) is 3.15. The predicted molar refractivity (Wildman–Crippen MR) is 68.1 cm³/mol. The van der Waals surface area contributed by atoms with Gasteiger partial charge in [-0.05, 0) is 32.0 Å². The Labute approximate surface area is 110 Å². The third-order valence-electron chi connectivity index (χ3n) is 1.73. The molecule has 0 spiro atoms. The Hall–Kier alpha value is -2.03. The van der Waals surface area contributed by atoms with Gasteiger partial charge in [0.1, 0.15) is 5.82 Å². The second kappa shape index (κ2) is 5.74. The first-order valence-corrected chi connectivity index (χ1v) is 6.73. The van der Waals surface area contributed by atoms with Crippen molar-refractivity contribution >= 4 is 27.7 Å². The van der Waals surface area contributed by atoms with Crippen LogP contribution >= 0.6 is 0 Å². The summed E-state index contributed by atoms with van der Waals surface area (Å²) in [7, 11) is -4.21. The summed E-state index contributed by atoms with van der Waals surface area (Å²) in [6.07, 6.45) is -1.60. The average molecular weight is 291 g/mol. The monoisotopic (exact) mass is 291 g/mol. The van der Waals surface area contributed by atoms with Crippen LogP contribution in [0.3, 0.4) is 0 Å². The van der Waals surface area contributed by atoms with Gasteiger partial charge in [-0.2, -0.15) is 8.42 Å². The average Bonchev–Trinajstić information content (AvgIpc) is 2.10. The third-order valence-corrected chi connectivity index (χ3v) is 2.67. The van der Waals surface area contributed by atoms with Gasteiger partial charge in [-0.1, -0.05) is 0 Å². The van der Waals surface area contributed by atoms with Gasteiger partial charge in [-0.25, -0.2) is 13.9 Å². The number of carbonyl (C=O) groups excluding carboxylic acids is 1. The molecule has 0 aliphatic rings. The molecule has 0 aliphatic heterocycles. The van der Waals surface area contributed by atoms with Crippen molar-refractivity contribution in [3.05, 3.63) is 24.0 Å². The minimum absolute atomic E-state index is 0.0439. The number of anilines is 2. The highest BCUT2D eigenvalue weighted by Gasteiger charge is 2.16. The van der Waals surface area contributed by atoms with E-state index in [2.05, 4.69) is 4.74 Å². The van der Waals surface area contributed by atoms with Gasteiger partial charge in [0.25, 0.3) is 0 Å². The highest BCUT2D eigenvalue weighted by atomic mass is 32.2. The van der Waals surface area contributed by atoms with Crippen molar-refractivity contribution in [3.63, 3.8) is 0 Å². The van der Waals surface area contributed by atoms with Crippen LogP contribution in [0.15, 0.2) is 18.2 Å². The van der Waals surface area contributed by atoms with E-state index < -0.39 is 28.2 Å². The molecule has 0 atom stereocenters. The van der Waals surface area contributed by atoms with Crippen LogP contribution in [-0.4, -0.2) is 20.6 Å². The quantitative estimate of drug-likeness (QED) is 0.722. The second-order valence-corrected chi connectivity index (χ2v) is 5.35. The van der Waals surface area contributed by atoms with Gasteiger partial charge in [0.2, 0.25) is 0 Å². The lowest BCUT2D eigenvalue weighted by atomic mass is 10.3. The molecule has 1 rings (SSSR count). The van der Waals surface area contributed by atoms with E-state index in [4.69, 9.17) is 5.73 Å². The predicted octanol–water partition coefficient (Wildman–Crippen LogP) is 1.20. The lowest BCUT2D eigenvalue weighted by Crippen LogP contribution is -2.36. The summed E-state index contributed by atoms with van der Waals surface area (Å²) < 4.78 is 44.2. The van der Waals surface area contributed by atoms with E-state index in [-0.39, 0.29) is 11.4 Å². The molecular weight excluding hydrogens is 277 g/mol. The molecule has 0 aromatic heterocycles. The van der Waals surface area contributed by atoms with Crippen LogP contribution in [0.2, 0.25) is 0 Å². The molecular formula is C10H14FN3O4S. The summed E-state index contributed by atoms with van der Waals surface area (Å²) in [4.78, 5) is 11.1. The summed E-state index contributed by atoms with van der Waals surface area (Å²) >= 11 is 0. The largest absolute Gasteiger partial charge is 0.446 e. The Morgan fingerprint density at radius 1 is 1.37 bits per heavy atom. The van der Waals surface area contributed by atoms with Crippen molar-refractivity contribution in [2.75, 3.05) is 10.5 Å². The van der Waals surface area contributed by atoms with Crippen molar-refractivity contribution in [1.29, 1.82) is 0 Å². The normalized spacial score (nSPS) is 11.2. The molecule has 4 N–H and O–H groups in total. The number of benzene rings is 1. The minimum Gasteiger partial charge on any atom is -0.446 e. The third kappa shape index (κ3) is 5.42. The van der Waals surface area contributed by atoms with Gasteiger partial charge in [-0.3, -0.25) is 4.72 Å². The smallest absolute Gasteiger partial charge is 0.422 e. The lowest BCUT2D eigenvalue weighted by molar-refractivity contribution is 0.121. The van der Waals surface area contributed by atoms with Crippen LogP contribution in [0.25, 0.3) is 0 Å². The van der Waals surface area contributed by atoms with Crippen molar-refractivity contribution in [3.8, 4) is 0 Å². The van der Waals surface area contributed by atoms with Crippen LogP contribution < -0.4 is 15.2 Å². The zero-order valence-electron chi connectivity index (χ0n) is 10.3. The first-order chi connectivity index (χ1) is 8.68. The molecule has 0 bridgehead atoms. The van der Waals surface area contributed by atoms with Crippen molar-refractivity contribution in [2.24, 2.45) is 0 Å². The summed E-state index contributed by atoms with van der Waals surface area (Å²) in [5.41, 5.74) is 5.29. The van der Waals surface area contributed by atoms with Gasteiger partial charge < -0.3 is 10.5 Å². The van der Waals surface area contributed by atoms with E-state index in [1.165, 1.54) is 6.07 Å². The molecule has 1 amide bonds. The first kappa shape index (κ1) is 15.0. The molecule has 0 saturated carbocycles. The summed E-state index contributed by atoms with van der Waals surface area (Å²) in [6.45, 7) is 3.12. The molecule has 0 aliphatic carbocycles. The van der Waals surface area contributed by atoms with Gasteiger partial charge >= 0.3 is 16.3 Å². The number of nitrogens with two attached hydrogens (primary N) is 1. The summed E-state index contributed by atoms with van der Waals surface area (Å²) in [5.74, 6) is -0.706. The Morgan fingerprint density at radius 3 is 2.53 bits per heavy atom. The van der Waals surface area contributed by atoms with Crippen LogP contribution in [0.5, 0.6) is 0 Å². The number of halogens is 1. The van der Waals surface area contributed by atoms with Gasteiger partial charge in [0, 0.05) is 5.69 Å². The maximum absolute atomic E-state index is 13.0. The Balaban J connectivity index is 2.76. The fourth-order valence-electron chi connectivity index (χ4n) is 1.20. The Bertz CT molecular complexity index is 554. The highest BCUT2D eigenvalue weighted by Crippen LogP contribution is 2.16. The number of hydrogen-bond donors (Lipinski definition) is 3. The van der Waals surface area contributed by atoms with E-state index in [1.807, 2.05) is 4.72 Å². The number of carbonyl (C=O) groups is 1. The number of nitrogens with one attached hydrogen (secondary N) is 2. The van der Waals surface area contributed by atoms with Crippen LogP contribution in [0.1, 0.15) is 13.8 Å². The summed E-state index contributed by atoms with van der Waals surface area (Å²) in [5, 5.41) is 0. The van der Waals surface area contributed by atoms with E-state index in [0.717, 1.165) is 12.1 Å². The maximum Gasteiger partial charge on any atom is 0.422 e. The standard InChI is InChI=1S/C10H14FN3O4S/c1-6(2)18-10(15)14-19(16,17)13-9-4-7(11)3-8(12)5-9/h3-6,13H,12H2,1-2H3,(H,14,15). The SMILES string of the molecule is CC(C)OC(=O)NS(=O)(=O)Nc1cc(N)cc(F)c1. The van der Waals surface area contributed by atoms with Gasteiger partial charge in [0.05, 0.1) is 11.8 Å². The van der Waals surface area contributed by atoms with Crippen molar-refractivity contribution < 1.29 is 22.3 Å². The molecule has 7 nitrogen and oxygen atoms in total. The topological polar surface area (TPSA) is 111 Å². The molecule has 106 valence electrons. The zero-order valence-corrected chi connectivity index (χ0v) is 11.1. The minimum atomic E-state index is -4.21. The van der Waals surface area contributed by atoms with Crippen LogP contribution in [-0.2, 0) is 14.9 Å². The Morgan fingerprint density at radius 2 is 2.00 bits per heavy atom. The fraction of sp³-hybridized carbons (Fsp3) is 0.300. The van der Waals surface area contributed by atoms with Gasteiger partial charge in [-0.15, -0.1) is 0 Å². The van der Waals surface area contributed by atoms with E-state index in [9.17, 15) is 17.6 Å². The van der Waals surface area contributed by atoms with Crippen molar-refractivity contribution in [1.82, 2.24) is 4.72 Å². The second-order valence-electron chi connectivity index (χ2n) is 3.93. The van der Waals surface area contributed by atoms with E-state index in [0.29, 0.717) is 0 Å². The molecule has 9 heteroatoms. The molecule has 0 unspecified atom stereocenters. The molecule has 1 aromatic rings. The van der Waals surface area contributed by atoms with Crippen molar-refractivity contribution in [2.45, 2.75) is 20.0 Å². The van der Waals surface area contributed by atoms with E-state index in [1.54, 1.807) is 18.6 Å². The fourth-order valence-corrected chi connectivity index (χ4v) is 1.95. The molecule has 1 aromatic carbocycles. The van der Waals surface area contributed by atoms with Crippen LogP contribution in [0, 0.1) is 5.82 Å². The number of amides is 1. The number of ether oxygens (including phenoxy) is 1. The molecule has 0 radical (unpaired) electrons. The molecule has 0 saturated heterocycles. The number of hydrogen-bond acceptors (Lipinski definition) is 5.